The van der Waals surface area contributed by atoms with Crippen LogP contribution in [0, 0.1) is 11.7 Å². The van der Waals surface area contributed by atoms with Gasteiger partial charge in [0.15, 0.2) is 0 Å². The van der Waals surface area contributed by atoms with Crippen molar-refractivity contribution in [1.29, 1.82) is 0 Å². The van der Waals surface area contributed by atoms with Crippen LogP contribution in [0.2, 0.25) is 0 Å². The summed E-state index contributed by atoms with van der Waals surface area (Å²) in [6, 6.07) is 5.92. The number of amides is 1. The number of halogens is 1. The van der Waals surface area contributed by atoms with Crippen molar-refractivity contribution in [3.05, 3.63) is 41.0 Å². The fourth-order valence-electron chi connectivity index (χ4n) is 3.10. The Bertz CT molecular complexity index is 763. The van der Waals surface area contributed by atoms with Crippen LogP contribution in [0.1, 0.15) is 43.0 Å². The van der Waals surface area contributed by atoms with Crippen LogP contribution in [0.5, 0.6) is 0 Å². The molecule has 1 saturated carbocycles. The third kappa shape index (κ3) is 3.90. The van der Waals surface area contributed by atoms with Gasteiger partial charge in [-0.25, -0.2) is 9.18 Å². The molecule has 1 aromatic carbocycles. The van der Waals surface area contributed by atoms with E-state index in [1.807, 2.05) is 0 Å². The molecule has 0 aliphatic heterocycles. The van der Waals surface area contributed by atoms with E-state index < -0.39 is 5.97 Å². The smallest absolute Gasteiger partial charge is 0.341 e. The minimum atomic E-state index is -0.482. The second-order valence-electron chi connectivity index (χ2n) is 6.05. The minimum Gasteiger partial charge on any atom is -0.462 e. The molecule has 1 heterocycles. The van der Waals surface area contributed by atoms with Crippen molar-refractivity contribution in [2.75, 3.05) is 11.9 Å². The number of esters is 1. The van der Waals surface area contributed by atoms with Gasteiger partial charge in [0.05, 0.1) is 6.61 Å². The lowest BCUT2D eigenvalue weighted by Gasteiger charge is -2.11. The molecule has 25 heavy (non-hydrogen) atoms. The molecular weight excluding hydrogens is 341 g/mol. The van der Waals surface area contributed by atoms with E-state index >= 15 is 0 Å². The van der Waals surface area contributed by atoms with E-state index in [2.05, 4.69) is 5.32 Å². The van der Waals surface area contributed by atoms with Crippen molar-refractivity contribution >= 4 is 28.2 Å². The van der Waals surface area contributed by atoms with E-state index in [1.165, 1.54) is 23.5 Å². The van der Waals surface area contributed by atoms with E-state index in [0.29, 0.717) is 21.7 Å². The number of anilines is 1. The number of hydrogen-bond acceptors (Lipinski definition) is 4. The Balaban J connectivity index is 1.93. The lowest BCUT2D eigenvalue weighted by Crippen LogP contribution is -2.21. The van der Waals surface area contributed by atoms with Crippen molar-refractivity contribution in [2.45, 2.75) is 32.6 Å². The van der Waals surface area contributed by atoms with Crippen LogP contribution >= 0.6 is 11.3 Å². The standard InChI is InChI=1S/C19H20FNO3S/c1-2-24-19(23)16-15(12-7-9-14(20)10-8-12)11-25-18(16)21-17(22)13-5-3-4-6-13/h7-11,13H,2-6H2,1H3,(H,21,22). The normalized spacial score (nSPS) is 14.5. The average Bonchev–Trinajstić information content (AvgIpc) is 3.25. The average molecular weight is 361 g/mol. The van der Waals surface area contributed by atoms with Gasteiger partial charge >= 0.3 is 5.97 Å². The molecule has 0 radical (unpaired) electrons. The van der Waals surface area contributed by atoms with Gasteiger partial charge in [0, 0.05) is 16.9 Å². The molecule has 0 unspecified atom stereocenters. The molecule has 1 amide bonds. The number of thiophene rings is 1. The number of carbonyl (C=O) groups excluding carboxylic acids is 2. The molecule has 4 nitrogen and oxygen atoms in total. The zero-order valence-corrected chi connectivity index (χ0v) is 14.8. The van der Waals surface area contributed by atoms with E-state index in [4.69, 9.17) is 4.74 Å². The lowest BCUT2D eigenvalue weighted by molar-refractivity contribution is -0.119. The summed E-state index contributed by atoms with van der Waals surface area (Å²) >= 11 is 1.29. The highest BCUT2D eigenvalue weighted by Gasteiger charge is 2.27. The van der Waals surface area contributed by atoms with Crippen LogP contribution in [0.15, 0.2) is 29.6 Å². The quantitative estimate of drug-likeness (QED) is 0.774. The van der Waals surface area contributed by atoms with Gasteiger partial charge in [0.1, 0.15) is 16.4 Å². The van der Waals surface area contributed by atoms with Crippen molar-refractivity contribution in [2.24, 2.45) is 5.92 Å². The molecule has 2 aromatic rings. The Kier molecular flexibility index (Phi) is 5.48. The number of rotatable bonds is 5. The fraction of sp³-hybridized carbons (Fsp3) is 0.368. The van der Waals surface area contributed by atoms with Gasteiger partial charge < -0.3 is 10.1 Å². The number of carbonyl (C=O) groups is 2. The summed E-state index contributed by atoms with van der Waals surface area (Å²) in [5.74, 6) is -0.863. The third-order valence-electron chi connectivity index (χ3n) is 4.39. The summed E-state index contributed by atoms with van der Waals surface area (Å²) in [6.07, 6.45) is 3.90. The van der Waals surface area contributed by atoms with Crippen LogP contribution in [-0.2, 0) is 9.53 Å². The first-order chi connectivity index (χ1) is 12.1. The van der Waals surface area contributed by atoms with E-state index in [-0.39, 0.29) is 24.2 Å². The molecule has 1 aliphatic carbocycles. The highest BCUT2D eigenvalue weighted by Crippen LogP contribution is 2.37. The van der Waals surface area contributed by atoms with Gasteiger partial charge in [-0.3, -0.25) is 4.79 Å². The van der Waals surface area contributed by atoms with Crippen molar-refractivity contribution in [3.63, 3.8) is 0 Å². The third-order valence-corrected chi connectivity index (χ3v) is 5.28. The molecular formula is C19H20FNO3S. The van der Waals surface area contributed by atoms with Crippen LogP contribution in [-0.4, -0.2) is 18.5 Å². The topological polar surface area (TPSA) is 55.4 Å². The first-order valence-electron chi connectivity index (χ1n) is 8.45. The lowest BCUT2D eigenvalue weighted by atomic mass is 10.0. The van der Waals surface area contributed by atoms with Crippen LogP contribution < -0.4 is 5.32 Å². The second kappa shape index (κ2) is 7.78. The SMILES string of the molecule is CCOC(=O)c1c(-c2ccc(F)cc2)csc1NC(=O)C1CCCC1. The fourth-order valence-corrected chi connectivity index (χ4v) is 4.06. The number of hydrogen-bond donors (Lipinski definition) is 1. The zero-order valence-electron chi connectivity index (χ0n) is 14.0. The number of benzene rings is 1. The van der Waals surface area contributed by atoms with Gasteiger partial charge in [0.25, 0.3) is 0 Å². The second-order valence-corrected chi connectivity index (χ2v) is 6.93. The van der Waals surface area contributed by atoms with E-state index in [9.17, 15) is 14.0 Å². The zero-order chi connectivity index (χ0) is 17.8. The maximum Gasteiger partial charge on any atom is 0.341 e. The molecule has 6 heteroatoms. The van der Waals surface area contributed by atoms with Crippen LogP contribution in [0.25, 0.3) is 11.1 Å². The molecule has 3 rings (SSSR count). The van der Waals surface area contributed by atoms with Gasteiger partial charge in [-0.15, -0.1) is 11.3 Å². The maximum atomic E-state index is 13.2. The molecule has 0 saturated heterocycles. The Morgan fingerprint density at radius 1 is 1.24 bits per heavy atom. The van der Waals surface area contributed by atoms with Crippen molar-refractivity contribution < 1.29 is 18.7 Å². The summed E-state index contributed by atoms with van der Waals surface area (Å²) < 4.78 is 18.3. The highest BCUT2D eigenvalue weighted by atomic mass is 32.1. The summed E-state index contributed by atoms with van der Waals surface area (Å²) in [7, 11) is 0. The van der Waals surface area contributed by atoms with Gasteiger partial charge in [-0.05, 0) is 37.5 Å². The van der Waals surface area contributed by atoms with Crippen LogP contribution in [0.4, 0.5) is 9.39 Å². The first kappa shape index (κ1) is 17.6. The van der Waals surface area contributed by atoms with Gasteiger partial charge in [-0.2, -0.15) is 0 Å². The Morgan fingerprint density at radius 3 is 2.56 bits per heavy atom. The van der Waals surface area contributed by atoms with Crippen molar-refractivity contribution in [1.82, 2.24) is 0 Å². The summed E-state index contributed by atoms with van der Waals surface area (Å²) in [5, 5.41) is 5.19. The van der Waals surface area contributed by atoms with Crippen molar-refractivity contribution in [3.8, 4) is 11.1 Å². The maximum absolute atomic E-state index is 13.2. The molecule has 132 valence electrons. The van der Waals surface area contributed by atoms with Gasteiger partial charge in [0.2, 0.25) is 5.91 Å². The Morgan fingerprint density at radius 2 is 1.92 bits per heavy atom. The predicted molar refractivity (Wildman–Crippen MR) is 96.3 cm³/mol. The van der Waals surface area contributed by atoms with Crippen LogP contribution in [0.3, 0.4) is 0 Å². The molecule has 1 fully saturated rings. The molecule has 0 spiro atoms. The molecule has 1 aliphatic rings. The summed E-state index contributed by atoms with van der Waals surface area (Å²) in [4.78, 5) is 24.9. The Labute approximate surface area is 150 Å². The monoisotopic (exact) mass is 361 g/mol. The molecule has 1 N–H and O–H groups in total. The van der Waals surface area contributed by atoms with E-state index in [0.717, 1.165) is 25.7 Å². The minimum absolute atomic E-state index is 0.00594. The first-order valence-corrected chi connectivity index (χ1v) is 9.33. The predicted octanol–water partition coefficient (Wildman–Crippen LogP) is 4.86. The van der Waals surface area contributed by atoms with E-state index in [1.54, 1.807) is 24.4 Å². The number of nitrogens with one attached hydrogen (secondary N) is 1. The molecule has 0 bridgehead atoms. The summed E-state index contributed by atoms with van der Waals surface area (Å²) in [6.45, 7) is 1.98. The largest absolute Gasteiger partial charge is 0.462 e. The number of ether oxygens (including phenoxy) is 1. The summed E-state index contributed by atoms with van der Waals surface area (Å²) in [5.41, 5.74) is 1.69. The molecule has 1 aromatic heterocycles. The highest BCUT2D eigenvalue weighted by molar-refractivity contribution is 7.15. The Hall–Kier alpha value is -2.21. The van der Waals surface area contributed by atoms with Gasteiger partial charge in [-0.1, -0.05) is 25.0 Å². The molecule has 0 atom stereocenters.